The summed E-state index contributed by atoms with van der Waals surface area (Å²) in [4.78, 5) is 12.2. The van der Waals surface area contributed by atoms with Crippen LogP contribution < -0.4 is 10.6 Å². The van der Waals surface area contributed by atoms with Crippen molar-refractivity contribution in [3.8, 4) is 0 Å². The van der Waals surface area contributed by atoms with Crippen molar-refractivity contribution in [2.24, 2.45) is 5.41 Å². The topological polar surface area (TPSA) is 41.1 Å². The van der Waals surface area contributed by atoms with Crippen LogP contribution in [0, 0.1) is 12.3 Å². The molecule has 1 heterocycles. The Bertz CT molecular complexity index is 522. The highest BCUT2D eigenvalue weighted by atomic mass is 19.4. The Morgan fingerprint density at radius 2 is 2.05 bits per heavy atom. The maximum absolute atomic E-state index is 13.3. The molecular formula is C15H19F3N2O. The first-order valence-corrected chi connectivity index (χ1v) is 6.92. The average Bonchev–Trinajstić information content (AvgIpc) is 2.89. The molecule has 0 aromatic heterocycles. The molecule has 2 N–H and O–H groups in total. The van der Waals surface area contributed by atoms with E-state index < -0.39 is 23.5 Å². The van der Waals surface area contributed by atoms with E-state index in [9.17, 15) is 18.0 Å². The molecule has 0 spiro atoms. The predicted molar refractivity (Wildman–Crippen MR) is 73.7 cm³/mol. The van der Waals surface area contributed by atoms with E-state index >= 15 is 0 Å². The van der Waals surface area contributed by atoms with Crippen LogP contribution in [0.25, 0.3) is 0 Å². The van der Waals surface area contributed by atoms with Gasteiger partial charge in [-0.15, -0.1) is 0 Å². The zero-order valence-corrected chi connectivity index (χ0v) is 12.1. The molecule has 1 saturated heterocycles. The smallest absolute Gasteiger partial charge is 0.349 e. The maximum Gasteiger partial charge on any atom is 0.404 e. The minimum atomic E-state index is -4.55. The van der Waals surface area contributed by atoms with Crippen LogP contribution in [-0.4, -0.2) is 25.2 Å². The molecule has 2 unspecified atom stereocenters. The Hall–Kier alpha value is -1.56. The Balaban J connectivity index is 2.19. The fourth-order valence-corrected chi connectivity index (χ4v) is 2.74. The molecule has 0 radical (unpaired) electrons. The van der Waals surface area contributed by atoms with Gasteiger partial charge in [-0.1, -0.05) is 24.3 Å². The fraction of sp³-hybridized carbons (Fsp3) is 0.533. The van der Waals surface area contributed by atoms with Crippen molar-refractivity contribution in [2.75, 3.05) is 13.1 Å². The van der Waals surface area contributed by atoms with Crippen LogP contribution in [0.2, 0.25) is 0 Å². The second kappa shape index (κ2) is 5.67. The molecule has 6 heteroatoms. The van der Waals surface area contributed by atoms with Gasteiger partial charge in [-0.05, 0) is 37.9 Å². The number of hydrogen-bond donors (Lipinski definition) is 2. The summed E-state index contributed by atoms with van der Waals surface area (Å²) in [6.45, 7) is 3.41. The molecule has 1 aliphatic heterocycles. The van der Waals surface area contributed by atoms with E-state index in [0.29, 0.717) is 0 Å². The summed E-state index contributed by atoms with van der Waals surface area (Å²) in [6.07, 6.45) is -4.77. The second-order valence-electron chi connectivity index (χ2n) is 5.56. The standard InChI is InChI=1S/C15H19F3N2O/c1-10-5-3-4-6-12(10)11(2)20-13(21)14(15(16,17)18)7-8-19-9-14/h3-6,11,19H,7-9H2,1-2H3,(H,20,21). The highest BCUT2D eigenvalue weighted by Crippen LogP contribution is 2.43. The molecular weight excluding hydrogens is 281 g/mol. The van der Waals surface area contributed by atoms with Crippen LogP contribution in [0.1, 0.15) is 30.5 Å². The third kappa shape index (κ3) is 2.90. The maximum atomic E-state index is 13.3. The van der Waals surface area contributed by atoms with E-state index in [2.05, 4.69) is 10.6 Å². The zero-order valence-electron chi connectivity index (χ0n) is 12.1. The van der Waals surface area contributed by atoms with Gasteiger partial charge in [0.15, 0.2) is 5.41 Å². The molecule has 1 amide bonds. The normalized spacial score (nSPS) is 23.9. The van der Waals surface area contributed by atoms with Gasteiger partial charge >= 0.3 is 6.18 Å². The van der Waals surface area contributed by atoms with Gasteiger partial charge in [0.2, 0.25) is 5.91 Å². The van der Waals surface area contributed by atoms with E-state index in [1.807, 2.05) is 31.2 Å². The number of amides is 1. The number of halogens is 3. The third-order valence-corrected chi connectivity index (χ3v) is 4.14. The molecule has 0 bridgehead atoms. The van der Waals surface area contributed by atoms with Crippen molar-refractivity contribution in [1.82, 2.24) is 10.6 Å². The first kappa shape index (κ1) is 15.8. The minimum Gasteiger partial charge on any atom is -0.349 e. The lowest BCUT2D eigenvalue weighted by Gasteiger charge is -2.31. The number of benzene rings is 1. The molecule has 0 aliphatic carbocycles. The fourth-order valence-electron chi connectivity index (χ4n) is 2.74. The molecule has 0 saturated carbocycles. The van der Waals surface area contributed by atoms with Crippen LogP contribution in [0.4, 0.5) is 13.2 Å². The Labute approximate surface area is 121 Å². The molecule has 116 valence electrons. The van der Waals surface area contributed by atoms with Crippen molar-refractivity contribution in [3.05, 3.63) is 35.4 Å². The molecule has 2 atom stereocenters. The summed E-state index contributed by atoms with van der Waals surface area (Å²) >= 11 is 0. The van der Waals surface area contributed by atoms with E-state index in [4.69, 9.17) is 0 Å². The largest absolute Gasteiger partial charge is 0.404 e. The van der Waals surface area contributed by atoms with Crippen molar-refractivity contribution in [1.29, 1.82) is 0 Å². The van der Waals surface area contributed by atoms with Crippen molar-refractivity contribution < 1.29 is 18.0 Å². The van der Waals surface area contributed by atoms with Gasteiger partial charge in [0.25, 0.3) is 0 Å². The summed E-state index contributed by atoms with van der Waals surface area (Å²) in [5.41, 5.74) is -0.547. The second-order valence-corrected chi connectivity index (χ2v) is 5.56. The quantitative estimate of drug-likeness (QED) is 0.901. The van der Waals surface area contributed by atoms with Crippen LogP contribution in [0.5, 0.6) is 0 Å². The molecule has 1 fully saturated rings. The lowest BCUT2D eigenvalue weighted by atomic mass is 9.84. The monoisotopic (exact) mass is 300 g/mol. The Morgan fingerprint density at radius 1 is 1.38 bits per heavy atom. The van der Waals surface area contributed by atoms with Gasteiger partial charge in [-0.2, -0.15) is 13.2 Å². The molecule has 3 nitrogen and oxygen atoms in total. The lowest BCUT2D eigenvalue weighted by molar-refractivity contribution is -0.216. The number of carbonyl (C=O) groups is 1. The van der Waals surface area contributed by atoms with Crippen molar-refractivity contribution >= 4 is 5.91 Å². The third-order valence-electron chi connectivity index (χ3n) is 4.14. The first-order chi connectivity index (χ1) is 9.78. The minimum absolute atomic E-state index is 0.200. The number of nitrogens with one attached hydrogen (secondary N) is 2. The van der Waals surface area contributed by atoms with E-state index in [0.717, 1.165) is 11.1 Å². The van der Waals surface area contributed by atoms with Crippen molar-refractivity contribution in [3.63, 3.8) is 0 Å². The van der Waals surface area contributed by atoms with Gasteiger partial charge in [0, 0.05) is 6.54 Å². The molecule has 1 aromatic carbocycles. The Kier molecular flexibility index (Phi) is 4.27. The van der Waals surface area contributed by atoms with Gasteiger partial charge < -0.3 is 10.6 Å². The number of carbonyl (C=O) groups excluding carboxylic acids is 1. The van der Waals surface area contributed by atoms with Gasteiger partial charge in [0.05, 0.1) is 6.04 Å². The van der Waals surface area contributed by atoms with Crippen molar-refractivity contribution in [2.45, 2.75) is 32.5 Å². The highest BCUT2D eigenvalue weighted by molar-refractivity contribution is 5.84. The van der Waals surface area contributed by atoms with E-state index in [1.165, 1.54) is 0 Å². The van der Waals surface area contributed by atoms with Crippen LogP contribution in [-0.2, 0) is 4.79 Å². The van der Waals surface area contributed by atoms with Gasteiger partial charge in [-0.3, -0.25) is 4.79 Å². The molecule has 2 rings (SSSR count). The lowest BCUT2D eigenvalue weighted by Crippen LogP contribution is -2.52. The van der Waals surface area contributed by atoms with E-state index in [-0.39, 0.29) is 19.5 Å². The number of alkyl halides is 3. The van der Waals surface area contributed by atoms with Crippen LogP contribution in [0.15, 0.2) is 24.3 Å². The average molecular weight is 300 g/mol. The van der Waals surface area contributed by atoms with Crippen LogP contribution in [0.3, 0.4) is 0 Å². The molecule has 21 heavy (non-hydrogen) atoms. The predicted octanol–water partition coefficient (Wildman–Crippen LogP) is 2.71. The number of rotatable bonds is 3. The summed E-state index contributed by atoms with van der Waals surface area (Å²) in [6, 6.07) is 6.88. The molecule has 1 aromatic rings. The van der Waals surface area contributed by atoms with E-state index in [1.54, 1.807) is 6.92 Å². The summed E-state index contributed by atoms with van der Waals surface area (Å²) < 4.78 is 39.9. The summed E-state index contributed by atoms with van der Waals surface area (Å²) in [7, 11) is 0. The Morgan fingerprint density at radius 3 is 2.57 bits per heavy atom. The number of aryl methyl sites for hydroxylation is 1. The summed E-state index contributed by atoms with van der Waals surface area (Å²) in [5, 5.41) is 5.17. The molecule has 1 aliphatic rings. The van der Waals surface area contributed by atoms with Crippen LogP contribution >= 0.6 is 0 Å². The first-order valence-electron chi connectivity index (χ1n) is 6.92. The summed E-state index contributed by atoms with van der Waals surface area (Å²) in [5.74, 6) is -0.948. The SMILES string of the molecule is Cc1ccccc1C(C)NC(=O)C1(C(F)(F)F)CCNC1. The highest BCUT2D eigenvalue weighted by Gasteiger charge is 2.61. The van der Waals surface area contributed by atoms with Gasteiger partial charge in [0.1, 0.15) is 0 Å². The zero-order chi connectivity index (χ0) is 15.7. The van der Waals surface area contributed by atoms with Gasteiger partial charge in [-0.25, -0.2) is 0 Å². The number of hydrogen-bond acceptors (Lipinski definition) is 2.